The fourth-order valence-electron chi connectivity index (χ4n) is 2.07. The van der Waals surface area contributed by atoms with Gasteiger partial charge in [0.15, 0.2) is 0 Å². The van der Waals surface area contributed by atoms with Crippen molar-refractivity contribution in [2.75, 3.05) is 12.5 Å². The fourth-order valence-corrected chi connectivity index (χ4v) is 3.24. The van der Waals surface area contributed by atoms with E-state index in [1.165, 1.54) is 11.1 Å². The van der Waals surface area contributed by atoms with Crippen molar-refractivity contribution >= 4 is 10.2 Å². The third-order valence-corrected chi connectivity index (χ3v) is 5.88. The Morgan fingerprint density at radius 1 is 0.850 bits per heavy atom. The summed E-state index contributed by atoms with van der Waals surface area (Å²) in [6.45, 7) is 5.96. The van der Waals surface area contributed by atoms with E-state index in [0.717, 1.165) is 13.1 Å². The number of hydrogen-bond donors (Lipinski definition) is 0. The van der Waals surface area contributed by atoms with E-state index in [4.69, 9.17) is 0 Å². The highest BCUT2D eigenvalue weighted by atomic mass is 32.3. The highest BCUT2D eigenvalue weighted by molar-refractivity contribution is 8.33. The van der Waals surface area contributed by atoms with Crippen molar-refractivity contribution in [3.63, 3.8) is 0 Å². The maximum Gasteiger partial charge on any atom is 0.0332 e. The maximum absolute atomic E-state index is 4.03. The van der Waals surface area contributed by atoms with Crippen LogP contribution in [0.1, 0.15) is 11.1 Å². The molecule has 2 heteroatoms. The van der Waals surface area contributed by atoms with Crippen LogP contribution < -0.4 is 0 Å². The minimum atomic E-state index is -0.959. The number of hydrogen-bond acceptors (Lipinski definition) is 1. The normalized spacial score (nSPS) is 12.3. The summed E-state index contributed by atoms with van der Waals surface area (Å²) in [6, 6.07) is 21.3. The Hall–Kier alpha value is -1.51. The van der Waals surface area contributed by atoms with Gasteiger partial charge in [-0.25, -0.2) is 0 Å². The molecule has 0 amide bonds. The SMILES string of the molecule is C=CS(C)(C)N(Cc1ccccc1)Cc1ccccc1. The van der Waals surface area contributed by atoms with Crippen LogP contribution >= 0.6 is 10.2 Å². The zero-order valence-electron chi connectivity index (χ0n) is 12.3. The van der Waals surface area contributed by atoms with Gasteiger partial charge in [-0.1, -0.05) is 67.2 Å². The Balaban J connectivity index is 2.19. The Labute approximate surface area is 124 Å². The molecule has 2 aromatic carbocycles. The zero-order valence-corrected chi connectivity index (χ0v) is 13.1. The van der Waals surface area contributed by atoms with Gasteiger partial charge in [0.25, 0.3) is 0 Å². The summed E-state index contributed by atoms with van der Waals surface area (Å²) >= 11 is 0. The molecule has 106 valence electrons. The largest absolute Gasteiger partial charge is 0.256 e. The van der Waals surface area contributed by atoms with E-state index >= 15 is 0 Å². The summed E-state index contributed by atoms with van der Waals surface area (Å²) in [5, 5.41) is 2.11. The molecular weight excluding hydrogens is 262 g/mol. The van der Waals surface area contributed by atoms with Gasteiger partial charge >= 0.3 is 0 Å². The molecule has 0 atom stereocenters. The van der Waals surface area contributed by atoms with Gasteiger partial charge in [-0.2, -0.15) is 10.2 Å². The van der Waals surface area contributed by atoms with Crippen molar-refractivity contribution in [1.82, 2.24) is 4.31 Å². The molecule has 20 heavy (non-hydrogen) atoms. The zero-order chi connectivity index (χ0) is 14.4. The summed E-state index contributed by atoms with van der Waals surface area (Å²) < 4.78 is 2.53. The van der Waals surface area contributed by atoms with E-state index in [2.05, 4.69) is 89.5 Å². The smallest absolute Gasteiger partial charge is 0.0332 e. The van der Waals surface area contributed by atoms with Crippen molar-refractivity contribution < 1.29 is 0 Å². The van der Waals surface area contributed by atoms with E-state index in [1.54, 1.807) is 0 Å². The molecule has 0 aromatic heterocycles. The first-order chi connectivity index (χ1) is 9.62. The van der Waals surface area contributed by atoms with Gasteiger partial charge in [0.1, 0.15) is 0 Å². The van der Waals surface area contributed by atoms with E-state index in [-0.39, 0.29) is 0 Å². The van der Waals surface area contributed by atoms with E-state index < -0.39 is 10.2 Å². The molecule has 0 aliphatic heterocycles. The molecule has 0 bridgehead atoms. The Bertz CT molecular complexity index is 492. The summed E-state index contributed by atoms with van der Waals surface area (Å²) in [4.78, 5) is 0. The van der Waals surface area contributed by atoms with Crippen molar-refractivity contribution in [2.24, 2.45) is 0 Å². The lowest BCUT2D eigenvalue weighted by molar-refractivity contribution is 0.454. The van der Waals surface area contributed by atoms with Crippen LogP contribution in [0.2, 0.25) is 0 Å². The van der Waals surface area contributed by atoms with Crippen LogP contribution in [0.5, 0.6) is 0 Å². The minimum Gasteiger partial charge on any atom is -0.256 e. The molecule has 2 rings (SSSR count). The number of rotatable bonds is 6. The second kappa shape index (κ2) is 6.78. The second-order valence-corrected chi connectivity index (χ2v) is 8.84. The Morgan fingerprint density at radius 2 is 1.25 bits per heavy atom. The maximum atomic E-state index is 4.03. The highest BCUT2D eigenvalue weighted by Gasteiger charge is 2.18. The summed E-state index contributed by atoms with van der Waals surface area (Å²) in [5.74, 6) is 0. The quantitative estimate of drug-likeness (QED) is 0.736. The monoisotopic (exact) mass is 285 g/mol. The first-order valence-electron chi connectivity index (χ1n) is 6.80. The van der Waals surface area contributed by atoms with Gasteiger partial charge in [0.2, 0.25) is 0 Å². The van der Waals surface area contributed by atoms with Crippen LogP contribution in [0.4, 0.5) is 0 Å². The molecule has 0 saturated heterocycles. The standard InChI is InChI=1S/C18H23NS/c1-4-20(2,3)19(15-17-11-7-5-8-12-17)16-18-13-9-6-10-14-18/h4-14H,1,15-16H2,2-3H3. The average molecular weight is 285 g/mol. The number of benzene rings is 2. The van der Waals surface area contributed by atoms with E-state index in [0.29, 0.717) is 0 Å². The van der Waals surface area contributed by atoms with Gasteiger partial charge in [0, 0.05) is 13.1 Å². The summed E-state index contributed by atoms with van der Waals surface area (Å²) in [5.41, 5.74) is 2.71. The first-order valence-corrected chi connectivity index (χ1v) is 9.27. The number of nitrogens with zero attached hydrogens (tertiary/aromatic N) is 1. The van der Waals surface area contributed by atoms with Crippen LogP contribution in [0, 0.1) is 0 Å². The molecule has 0 saturated carbocycles. The summed E-state index contributed by atoms with van der Waals surface area (Å²) in [7, 11) is -0.959. The summed E-state index contributed by atoms with van der Waals surface area (Å²) in [6.07, 6.45) is 4.60. The average Bonchev–Trinajstić information content (AvgIpc) is 2.49. The molecule has 2 aromatic rings. The van der Waals surface area contributed by atoms with Gasteiger partial charge in [-0.15, -0.1) is 0 Å². The van der Waals surface area contributed by atoms with E-state index in [1.807, 2.05) is 0 Å². The molecular formula is C18H23NS. The van der Waals surface area contributed by atoms with Crippen LogP contribution in [-0.2, 0) is 13.1 Å². The van der Waals surface area contributed by atoms with Crippen molar-refractivity contribution in [1.29, 1.82) is 0 Å². The molecule has 0 heterocycles. The van der Waals surface area contributed by atoms with Crippen LogP contribution in [0.3, 0.4) is 0 Å². The van der Waals surface area contributed by atoms with Crippen molar-refractivity contribution in [3.8, 4) is 0 Å². The van der Waals surface area contributed by atoms with Crippen LogP contribution in [0.15, 0.2) is 72.7 Å². The van der Waals surface area contributed by atoms with E-state index in [9.17, 15) is 0 Å². The van der Waals surface area contributed by atoms with Gasteiger partial charge in [-0.3, -0.25) is 4.31 Å². The lowest BCUT2D eigenvalue weighted by Crippen LogP contribution is -2.24. The molecule has 0 aliphatic carbocycles. The van der Waals surface area contributed by atoms with Gasteiger partial charge in [-0.05, 0) is 29.0 Å². The fraction of sp³-hybridized carbons (Fsp3) is 0.222. The predicted molar refractivity (Wildman–Crippen MR) is 91.8 cm³/mol. The molecule has 0 unspecified atom stereocenters. The molecule has 0 radical (unpaired) electrons. The second-order valence-electron chi connectivity index (χ2n) is 5.29. The molecule has 0 spiro atoms. The lowest BCUT2D eigenvalue weighted by Gasteiger charge is -2.41. The Kier molecular flexibility index (Phi) is 5.05. The molecule has 0 fully saturated rings. The van der Waals surface area contributed by atoms with Crippen LogP contribution in [-0.4, -0.2) is 16.8 Å². The van der Waals surface area contributed by atoms with Crippen LogP contribution in [0.25, 0.3) is 0 Å². The van der Waals surface area contributed by atoms with Crippen molar-refractivity contribution in [2.45, 2.75) is 13.1 Å². The third-order valence-electron chi connectivity index (χ3n) is 3.48. The first kappa shape index (κ1) is 14.9. The predicted octanol–water partition coefficient (Wildman–Crippen LogP) is 4.81. The Morgan fingerprint density at radius 3 is 1.60 bits per heavy atom. The molecule has 1 nitrogen and oxygen atoms in total. The van der Waals surface area contributed by atoms with Gasteiger partial charge in [0.05, 0.1) is 0 Å². The van der Waals surface area contributed by atoms with Crippen molar-refractivity contribution in [3.05, 3.63) is 83.8 Å². The lowest BCUT2D eigenvalue weighted by atomic mass is 10.2. The van der Waals surface area contributed by atoms with Gasteiger partial charge < -0.3 is 0 Å². The minimum absolute atomic E-state index is 0.959. The third kappa shape index (κ3) is 3.99. The molecule has 0 aliphatic rings. The highest BCUT2D eigenvalue weighted by Crippen LogP contribution is 2.47. The molecule has 0 N–H and O–H groups in total. The topological polar surface area (TPSA) is 3.24 Å².